The van der Waals surface area contributed by atoms with Gasteiger partial charge in [-0.05, 0) is 55.2 Å². The summed E-state index contributed by atoms with van der Waals surface area (Å²) in [4.78, 5) is 0. The van der Waals surface area contributed by atoms with E-state index < -0.39 is 36.3 Å². The Kier molecular flexibility index (Phi) is 6.18. The van der Waals surface area contributed by atoms with E-state index in [4.69, 9.17) is 0 Å². The number of benzene rings is 1. The zero-order chi connectivity index (χ0) is 19.5. The van der Waals surface area contributed by atoms with E-state index in [0.29, 0.717) is 25.7 Å². The van der Waals surface area contributed by atoms with E-state index in [0.717, 1.165) is 18.2 Å². The quantitative estimate of drug-likeness (QED) is 0.415. The number of rotatable bonds is 4. The minimum absolute atomic E-state index is 0.0591. The summed E-state index contributed by atoms with van der Waals surface area (Å²) >= 11 is 0. The second-order valence-electron chi connectivity index (χ2n) is 6.22. The molecule has 26 heavy (non-hydrogen) atoms. The molecule has 0 amide bonds. The first-order valence-corrected chi connectivity index (χ1v) is 7.92. The summed E-state index contributed by atoms with van der Waals surface area (Å²) in [6.07, 6.45) is -5.92. The molecule has 0 aromatic heterocycles. The highest BCUT2D eigenvalue weighted by Gasteiger charge is 2.34. The normalized spacial score (nSPS) is 22.0. The molecule has 1 aromatic rings. The summed E-state index contributed by atoms with van der Waals surface area (Å²) in [6, 6.07) is 1.63. The van der Waals surface area contributed by atoms with Gasteiger partial charge < -0.3 is 4.74 Å². The van der Waals surface area contributed by atoms with Crippen LogP contribution in [0.1, 0.15) is 43.6 Å². The fraction of sp³-hybridized carbons (Fsp3) is 0.529. The number of ether oxygens (including phenoxy) is 1. The van der Waals surface area contributed by atoms with Crippen LogP contribution in [0.3, 0.4) is 0 Å². The highest BCUT2D eigenvalue weighted by molar-refractivity contribution is 5.33. The lowest BCUT2D eigenvalue weighted by Gasteiger charge is -2.27. The van der Waals surface area contributed by atoms with Crippen molar-refractivity contribution >= 4 is 0 Å². The number of hydrogen-bond acceptors (Lipinski definition) is 1. The Morgan fingerprint density at radius 2 is 1.46 bits per heavy atom. The van der Waals surface area contributed by atoms with Crippen LogP contribution in [0.4, 0.5) is 35.1 Å². The Balaban J connectivity index is 1.99. The average Bonchev–Trinajstić information content (AvgIpc) is 2.49. The van der Waals surface area contributed by atoms with Crippen molar-refractivity contribution in [1.82, 2.24) is 0 Å². The number of allylic oxidation sites excluding steroid dienone is 2. The molecule has 9 heteroatoms. The fourth-order valence-corrected chi connectivity index (χ4v) is 3.07. The van der Waals surface area contributed by atoms with Gasteiger partial charge in [0.05, 0.1) is 6.42 Å². The van der Waals surface area contributed by atoms with E-state index in [1.165, 1.54) is 6.08 Å². The molecule has 0 radical (unpaired) electrons. The van der Waals surface area contributed by atoms with Gasteiger partial charge in [0.1, 0.15) is 0 Å². The number of halogens is 8. The highest BCUT2D eigenvalue weighted by Crippen LogP contribution is 2.39. The second kappa shape index (κ2) is 7.84. The Labute approximate surface area is 144 Å². The highest BCUT2D eigenvalue weighted by atomic mass is 19.4. The maximum atomic E-state index is 13.8. The van der Waals surface area contributed by atoms with Crippen LogP contribution in [0, 0.1) is 17.6 Å². The average molecular weight is 388 g/mol. The summed E-state index contributed by atoms with van der Waals surface area (Å²) in [7, 11) is 0. The van der Waals surface area contributed by atoms with Crippen molar-refractivity contribution < 1.29 is 39.9 Å². The Hall–Kier alpha value is -1.80. The molecule has 1 nitrogen and oxygen atoms in total. The van der Waals surface area contributed by atoms with Crippen molar-refractivity contribution in [2.24, 2.45) is 5.92 Å². The molecule has 1 aliphatic rings. The van der Waals surface area contributed by atoms with E-state index in [9.17, 15) is 35.1 Å². The summed E-state index contributed by atoms with van der Waals surface area (Å²) in [5.74, 6) is -4.71. The molecule has 1 fully saturated rings. The fourth-order valence-electron chi connectivity index (χ4n) is 3.07. The summed E-state index contributed by atoms with van der Waals surface area (Å²) in [6.45, 7) is 0. The lowest BCUT2D eigenvalue weighted by molar-refractivity contribution is -0.276. The Bertz CT molecular complexity index is 616. The number of alkyl halides is 6. The van der Waals surface area contributed by atoms with Crippen molar-refractivity contribution in [1.29, 1.82) is 0 Å². The molecule has 0 atom stereocenters. The third-order valence-corrected chi connectivity index (χ3v) is 4.24. The van der Waals surface area contributed by atoms with Crippen LogP contribution in [0.5, 0.6) is 5.75 Å². The smallest absolute Gasteiger partial charge is 0.399 e. The standard InChI is InChI=1S/C17H16F8O/c18-13-8-12(9-14(19)15(13)26-17(23,24)25)11-5-3-10(4-6-11)2-1-7-16(20,21)22/h1-2,8-11H,3-7H2. The molecular formula is C17H16F8O. The molecule has 1 aromatic carbocycles. The largest absolute Gasteiger partial charge is 0.573 e. The van der Waals surface area contributed by atoms with Crippen molar-refractivity contribution in [3.63, 3.8) is 0 Å². The van der Waals surface area contributed by atoms with Gasteiger partial charge in [0.2, 0.25) is 5.75 Å². The second-order valence-corrected chi connectivity index (χ2v) is 6.22. The monoisotopic (exact) mass is 388 g/mol. The van der Waals surface area contributed by atoms with Gasteiger partial charge in [0.25, 0.3) is 0 Å². The van der Waals surface area contributed by atoms with Crippen molar-refractivity contribution in [2.45, 2.75) is 50.6 Å². The van der Waals surface area contributed by atoms with Gasteiger partial charge in [-0.2, -0.15) is 13.2 Å². The first-order valence-electron chi connectivity index (χ1n) is 7.92. The lowest BCUT2D eigenvalue weighted by Crippen LogP contribution is -2.19. The van der Waals surface area contributed by atoms with Crippen LogP contribution in [-0.4, -0.2) is 12.5 Å². The van der Waals surface area contributed by atoms with E-state index >= 15 is 0 Å². The Morgan fingerprint density at radius 3 is 1.92 bits per heavy atom. The van der Waals surface area contributed by atoms with Crippen LogP contribution in [0.25, 0.3) is 0 Å². The van der Waals surface area contributed by atoms with Gasteiger partial charge in [-0.3, -0.25) is 0 Å². The number of hydrogen-bond donors (Lipinski definition) is 0. The van der Waals surface area contributed by atoms with Gasteiger partial charge in [-0.25, -0.2) is 8.78 Å². The van der Waals surface area contributed by atoms with Crippen LogP contribution in [0.2, 0.25) is 0 Å². The van der Waals surface area contributed by atoms with Gasteiger partial charge in [0, 0.05) is 0 Å². The molecule has 146 valence electrons. The molecule has 0 unspecified atom stereocenters. The maximum absolute atomic E-state index is 13.8. The van der Waals surface area contributed by atoms with Crippen LogP contribution < -0.4 is 4.74 Å². The summed E-state index contributed by atoms with van der Waals surface area (Å²) in [5.41, 5.74) is 0.215. The van der Waals surface area contributed by atoms with E-state index in [-0.39, 0.29) is 17.4 Å². The molecule has 0 saturated heterocycles. The molecular weight excluding hydrogens is 372 g/mol. The van der Waals surface area contributed by atoms with E-state index in [1.807, 2.05) is 0 Å². The van der Waals surface area contributed by atoms with Crippen LogP contribution in [-0.2, 0) is 0 Å². The van der Waals surface area contributed by atoms with Crippen molar-refractivity contribution in [3.05, 3.63) is 41.5 Å². The van der Waals surface area contributed by atoms with Crippen LogP contribution in [0.15, 0.2) is 24.3 Å². The molecule has 0 heterocycles. The molecule has 1 saturated carbocycles. The minimum atomic E-state index is -5.20. The van der Waals surface area contributed by atoms with Gasteiger partial charge in [-0.15, -0.1) is 13.2 Å². The predicted molar refractivity (Wildman–Crippen MR) is 77.6 cm³/mol. The predicted octanol–water partition coefficient (Wildman–Crippen LogP) is 6.65. The first kappa shape index (κ1) is 20.5. The van der Waals surface area contributed by atoms with Crippen molar-refractivity contribution in [3.8, 4) is 5.75 Å². The maximum Gasteiger partial charge on any atom is 0.573 e. The van der Waals surface area contributed by atoms with Gasteiger partial charge in [0.15, 0.2) is 11.6 Å². The lowest BCUT2D eigenvalue weighted by atomic mass is 9.78. The Morgan fingerprint density at radius 1 is 0.923 bits per heavy atom. The molecule has 1 aliphatic carbocycles. The minimum Gasteiger partial charge on any atom is -0.399 e. The van der Waals surface area contributed by atoms with Gasteiger partial charge in [-0.1, -0.05) is 12.2 Å². The SMILES string of the molecule is Fc1cc(C2CCC(C=CCC(F)(F)F)CC2)cc(F)c1OC(F)(F)F. The van der Waals surface area contributed by atoms with Crippen molar-refractivity contribution in [2.75, 3.05) is 0 Å². The van der Waals surface area contributed by atoms with E-state index in [2.05, 4.69) is 4.74 Å². The van der Waals surface area contributed by atoms with Gasteiger partial charge >= 0.3 is 12.5 Å². The first-order chi connectivity index (χ1) is 11.9. The zero-order valence-corrected chi connectivity index (χ0v) is 13.4. The molecule has 2 rings (SSSR count). The van der Waals surface area contributed by atoms with E-state index in [1.54, 1.807) is 0 Å². The summed E-state index contributed by atoms with van der Waals surface area (Å²) < 4.78 is 104. The summed E-state index contributed by atoms with van der Waals surface area (Å²) in [5, 5.41) is 0. The van der Waals surface area contributed by atoms with Crippen LogP contribution >= 0.6 is 0 Å². The third kappa shape index (κ3) is 6.17. The molecule has 0 spiro atoms. The topological polar surface area (TPSA) is 9.23 Å². The zero-order valence-electron chi connectivity index (χ0n) is 13.4. The molecule has 0 bridgehead atoms. The molecule has 0 aliphatic heterocycles. The third-order valence-electron chi connectivity index (χ3n) is 4.24. The molecule has 0 N–H and O–H groups in total.